The highest BCUT2D eigenvalue weighted by Gasteiger charge is 2.29. The van der Waals surface area contributed by atoms with Gasteiger partial charge in [-0.2, -0.15) is 0 Å². The van der Waals surface area contributed by atoms with E-state index in [2.05, 4.69) is 5.32 Å². The first-order valence-electron chi connectivity index (χ1n) is 5.36. The largest absolute Gasteiger partial charge is 0.464 e. The summed E-state index contributed by atoms with van der Waals surface area (Å²) in [7, 11) is 0. The van der Waals surface area contributed by atoms with Crippen LogP contribution in [-0.4, -0.2) is 35.9 Å². The van der Waals surface area contributed by atoms with Crippen molar-refractivity contribution >= 4 is 5.97 Å². The van der Waals surface area contributed by atoms with Crippen molar-refractivity contribution in [1.29, 1.82) is 0 Å². The van der Waals surface area contributed by atoms with Gasteiger partial charge in [-0.25, -0.2) is 0 Å². The summed E-state index contributed by atoms with van der Waals surface area (Å²) in [5.74, 6) is -0.115. The molecule has 0 aromatic rings. The predicted octanol–water partition coefficient (Wildman–Crippen LogP) is 0.195. The number of ether oxygens (including phenoxy) is 1. The van der Waals surface area contributed by atoms with Gasteiger partial charge in [0, 0.05) is 12.5 Å². The van der Waals surface area contributed by atoms with Crippen LogP contribution in [-0.2, 0) is 9.53 Å². The first kappa shape index (κ1) is 9.93. The van der Waals surface area contributed by atoms with Crippen LogP contribution in [0.5, 0.6) is 0 Å². The number of nitrogens with one attached hydrogen (secondary N) is 1. The fourth-order valence-corrected chi connectivity index (χ4v) is 2.17. The van der Waals surface area contributed by atoms with Crippen molar-refractivity contribution < 1.29 is 14.6 Å². The monoisotopic (exact) mass is 199 g/mol. The van der Waals surface area contributed by atoms with Crippen LogP contribution in [0.1, 0.15) is 32.1 Å². The molecule has 80 valence electrons. The van der Waals surface area contributed by atoms with Crippen molar-refractivity contribution in [2.75, 3.05) is 6.61 Å². The first-order valence-corrected chi connectivity index (χ1v) is 5.36. The van der Waals surface area contributed by atoms with Gasteiger partial charge >= 0.3 is 5.97 Å². The number of aliphatic hydroxyl groups excluding tert-OH is 1. The SMILES string of the molecule is O=C1OCCC1NC1CCC(O)CC1. The highest BCUT2D eigenvalue weighted by molar-refractivity contribution is 5.77. The van der Waals surface area contributed by atoms with Crippen LogP contribution in [0.3, 0.4) is 0 Å². The Morgan fingerprint density at radius 2 is 1.93 bits per heavy atom. The molecule has 0 bridgehead atoms. The molecule has 1 saturated heterocycles. The fourth-order valence-electron chi connectivity index (χ4n) is 2.17. The smallest absolute Gasteiger partial charge is 0.323 e. The zero-order valence-electron chi connectivity index (χ0n) is 8.24. The van der Waals surface area contributed by atoms with Crippen LogP contribution in [0, 0.1) is 0 Å². The molecule has 0 spiro atoms. The quantitative estimate of drug-likeness (QED) is 0.623. The molecule has 4 heteroatoms. The number of carbonyl (C=O) groups is 1. The zero-order valence-corrected chi connectivity index (χ0v) is 8.24. The minimum absolute atomic E-state index is 0.102. The van der Waals surface area contributed by atoms with Gasteiger partial charge in [-0.1, -0.05) is 0 Å². The Hall–Kier alpha value is -0.610. The summed E-state index contributed by atoms with van der Waals surface area (Å²) in [6.07, 6.45) is 4.27. The van der Waals surface area contributed by atoms with Crippen LogP contribution in [0.4, 0.5) is 0 Å². The van der Waals surface area contributed by atoms with Gasteiger partial charge in [0.25, 0.3) is 0 Å². The standard InChI is InChI=1S/C10H17NO3/c12-8-3-1-7(2-4-8)11-9-5-6-14-10(9)13/h7-9,11-12H,1-6H2. The average molecular weight is 199 g/mol. The van der Waals surface area contributed by atoms with E-state index in [1.54, 1.807) is 0 Å². The summed E-state index contributed by atoms with van der Waals surface area (Å²) in [5, 5.41) is 12.6. The van der Waals surface area contributed by atoms with E-state index in [0.717, 1.165) is 32.1 Å². The molecule has 0 radical (unpaired) electrons. The maximum absolute atomic E-state index is 11.2. The Morgan fingerprint density at radius 1 is 1.21 bits per heavy atom. The highest BCUT2D eigenvalue weighted by atomic mass is 16.5. The normalized spacial score (nSPS) is 38.4. The van der Waals surface area contributed by atoms with Gasteiger partial charge in [-0.3, -0.25) is 4.79 Å². The van der Waals surface area contributed by atoms with Gasteiger partial charge < -0.3 is 15.2 Å². The average Bonchev–Trinajstić information content (AvgIpc) is 2.56. The lowest BCUT2D eigenvalue weighted by molar-refractivity contribution is -0.139. The van der Waals surface area contributed by atoms with Crippen LogP contribution in [0.2, 0.25) is 0 Å². The maximum atomic E-state index is 11.2. The minimum Gasteiger partial charge on any atom is -0.464 e. The van der Waals surface area contributed by atoms with Gasteiger partial charge in [0.1, 0.15) is 6.04 Å². The Bertz CT molecular complexity index is 211. The molecule has 1 aliphatic heterocycles. The molecule has 0 aromatic carbocycles. The lowest BCUT2D eigenvalue weighted by Crippen LogP contribution is -2.43. The van der Waals surface area contributed by atoms with E-state index in [1.807, 2.05) is 0 Å². The van der Waals surface area contributed by atoms with E-state index < -0.39 is 0 Å². The molecule has 0 aromatic heterocycles. The van der Waals surface area contributed by atoms with E-state index in [1.165, 1.54) is 0 Å². The van der Waals surface area contributed by atoms with Crippen molar-refractivity contribution in [3.63, 3.8) is 0 Å². The Morgan fingerprint density at radius 3 is 2.50 bits per heavy atom. The van der Waals surface area contributed by atoms with Crippen molar-refractivity contribution in [1.82, 2.24) is 5.32 Å². The number of aliphatic hydroxyl groups is 1. The number of carbonyl (C=O) groups excluding carboxylic acids is 1. The van der Waals surface area contributed by atoms with Crippen LogP contribution in [0.15, 0.2) is 0 Å². The molecule has 2 fully saturated rings. The summed E-state index contributed by atoms with van der Waals surface area (Å²) < 4.78 is 4.88. The van der Waals surface area contributed by atoms with Crippen LogP contribution in [0.25, 0.3) is 0 Å². The third-order valence-corrected chi connectivity index (χ3v) is 3.07. The first-order chi connectivity index (χ1) is 6.75. The highest BCUT2D eigenvalue weighted by Crippen LogP contribution is 2.20. The number of cyclic esters (lactones) is 1. The molecule has 2 rings (SSSR count). The summed E-state index contributed by atoms with van der Waals surface area (Å²) in [5.41, 5.74) is 0. The molecule has 1 saturated carbocycles. The van der Waals surface area contributed by atoms with E-state index in [0.29, 0.717) is 12.6 Å². The minimum atomic E-state index is -0.136. The lowest BCUT2D eigenvalue weighted by atomic mass is 9.92. The lowest BCUT2D eigenvalue weighted by Gasteiger charge is -2.27. The number of hydrogen-bond donors (Lipinski definition) is 2. The summed E-state index contributed by atoms with van der Waals surface area (Å²) in [6, 6.07) is 0.282. The van der Waals surface area contributed by atoms with Gasteiger partial charge in [0.05, 0.1) is 12.7 Å². The molecule has 2 aliphatic rings. The topological polar surface area (TPSA) is 58.6 Å². The molecule has 14 heavy (non-hydrogen) atoms. The summed E-state index contributed by atoms with van der Waals surface area (Å²) in [6.45, 7) is 0.547. The molecule has 0 amide bonds. The number of esters is 1. The second-order valence-corrected chi connectivity index (χ2v) is 4.18. The van der Waals surface area contributed by atoms with Gasteiger partial charge in [0.2, 0.25) is 0 Å². The molecule has 2 N–H and O–H groups in total. The van der Waals surface area contributed by atoms with Crippen LogP contribution < -0.4 is 5.32 Å². The van der Waals surface area contributed by atoms with E-state index in [-0.39, 0.29) is 18.1 Å². The third kappa shape index (κ3) is 2.25. The number of rotatable bonds is 2. The maximum Gasteiger partial charge on any atom is 0.323 e. The molecule has 1 atom stereocenters. The van der Waals surface area contributed by atoms with Crippen LogP contribution >= 0.6 is 0 Å². The number of hydrogen-bond acceptors (Lipinski definition) is 4. The molecular formula is C10H17NO3. The van der Waals surface area contributed by atoms with E-state index in [9.17, 15) is 9.90 Å². The second-order valence-electron chi connectivity index (χ2n) is 4.18. The molecule has 1 heterocycles. The molecule has 4 nitrogen and oxygen atoms in total. The summed E-state index contributed by atoms with van der Waals surface area (Å²) >= 11 is 0. The molecular weight excluding hydrogens is 182 g/mol. The zero-order chi connectivity index (χ0) is 9.97. The molecule has 1 unspecified atom stereocenters. The van der Waals surface area contributed by atoms with Crippen molar-refractivity contribution in [2.45, 2.75) is 50.3 Å². The summed E-state index contributed by atoms with van der Waals surface area (Å²) in [4.78, 5) is 11.2. The Kier molecular flexibility index (Phi) is 3.03. The van der Waals surface area contributed by atoms with Gasteiger partial charge in [0.15, 0.2) is 0 Å². The third-order valence-electron chi connectivity index (χ3n) is 3.07. The second kappa shape index (κ2) is 4.28. The fraction of sp³-hybridized carbons (Fsp3) is 0.900. The van der Waals surface area contributed by atoms with E-state index in [4.69, 9.17) is 4.74 Å². The van der Waals surface area contributed by atoms with Gasteiger partial charge in [-0.15, -0.1) is 0 Å². The Balaban J connectivity index is 1.77. The van der Waals surface area contributed by atoms with Crippen molar-refractivity contribution in [3.8, 4) is 0 Å². The molecule has 1 aliphatic carbocycles. The van der Waals surface area contributed by atoms with Crippen molar-refractivity contribution in [3.05, 3.63) is 0 Å². The predicted molar refractivity (Wildman–Crippen MR) is 50.8 cm³/mol. The van der Waals surface area contributed by atoms with E-state index >= 15 is 0 Å². The van der Waals surface area contributed by atoms with Gasteiger partial charge in [-0.05, 0) is 25.7 Å². The Labute approximate surface area is 83.6 Å². The van der Waals surface area contributed by atoms with Crippen molar-refractivity contribution in [2.24, 2.45) is 0 Å².